The van der Waals surface area contributed by atoms with E-state index < -0.39 is 0 Å². The summed E-state index contributed by atoms with van der Waals surface area (Å²) >= 11 is 0. The van der Waals surface area contributed by atoms with E-state index in [9.17, 15) is 14.4 Å². The minimum absolute atomic E-state index is 0.132. The van der Waals surface area contributed by atoms with Crippen molar-refractivity contribution in [1.29, 1.82) is 0 Å². The molecule has 0 saturated heterocycles. The van der Waals surface area contributed by atoms with Gasteiger partial charge in [0.05, 0.1) is 13.5 Å². The molecule has 4 fully saturated rings. The number of esters is 1. The predicted molar refractivity (Wildman–Crippen MR) is 112 cm³/mol. The fraction of sp³-hybridized carbons (Fsp3) is 0.625. The Morgan fingerprint density at radius 1 is 1.03 bits per heavy atom. The van der Waals surface area contributed by atoms with Crippen LogP contribution in [0.2, 0.25) is 0 Å². The third-order valence-electron chi connectivity index (χ3n) is 7.40. The van der Waals surface area contributed by atoms with Crippen LogP contribution in [-0.4, -0.2) is 43.4 Å². The van der Waals surface area contributed by atoms with Gasteiger partial charge in [0, 0.05) is 31.1 Å². The van der Waals surface area contributed by atoms with Crippen LogP contribution in [0, 0.1) is 23.2 Å². The lowest BCUT2D eigenvalue weighted by atomic mass is 9.49. The summed E-state index contributed by atoms with van der Waals surface area (Å²) in [5.74, 6) is 2.02. The quantitative estimate of drug-likeness (QED) is 0.698. The minimum Gasteiger partial charge on any atom is -0.469 e. The van der Waals surface area contributed by atoms with Crippen LogP contribution < -0.4 is 5.32 Å². The van der Waals surface area contributed by atoms with Gasteiger partial charge < -0.3 is 15.0 Å². The molecule has 0 unspecified atom stereocenters. The highest BCUT2D eigenvalue weighted by molar-refractivity contribution is 5.94. The van der Waals surface area contributed by atoms with Crippen LogP contribution in [0.5, 0.6) is 0 Å². The second kappa shape index (κ2) is 8.40. The number of nitrogens with zero attached hydrogens (tertiary/aromatic N) is 1. The summed E-state index contributed by atoms with van der Waals surface area (Å²) < 4.78 is 4.61. The molecule has 0 aromatic heterocycles. The maximum Gasteiger partial charge on any atom is 0.307 e. The van der Waals surface area contributed by atoms with Gasteiger partial charge in [0.2, 0.25) is 5.91 Å². The highest BCUT2D eigenvalue weighted by Crippen LogP contribution is 2.60. The molecule has 0 heterocycles. The fourth-order valence-corrected chi connectivity index (χ4v) is 6.21. The number of hydrogen-bond donors (Lipinski definition) is 1. The molecular weight excluding hydrogens is 380 g/mol. The normalized spacial score (nSPS) is 28.8. The Morgan fingerprint density at radius 2 is 1.60 bits per heavy atom. The molecule has 4 saturated carbocycles. The monoisotopic (exact) mass is 412 g/mol. The van der Waals surface area contributed by atoms with E-state index in [4.69, 9.17) is 0 Å². The van der Waals surface area contributed by atoms with Gasteiger partial charge in [0.1, 0.15) is 0 Å². The van der Waals surface area contributed by atoms with Gasteiger partial charge in [-0.3, -0.25) is 14.4 Å². The van der Waals surface area contributed by atoms with Crippen LogP contribution in [0.15, 0.2) is 24.3 Å². The van der Waals surface area contributed by atoms with Gasteiger partial charge in [-0.05, 0) is 74.0 Å². The topological polar surface area (TPSA) is 75.7 Å². The van der Waals surface area contributed by atoms with Crippen molar-refractivity contribution in [1.82, 2.24) is 10.2 Å². The lowest BCUT2D eigenvalue weighted by Gasteiger charge is -2.55. The molecule has 1 N–H and O–H groups in total. The Morgan fingerprint density at radius 3 is 2.13 bits per heavy atom. The highest BCUT2D eigenvalue weighted by Gasteiger charge is 2.54. The van der Waals surface area contributed by atoms with Gasteiger partial charge in [-0.25, -0.2) is 0 Å². The first-order valence-electron chi connectivity index (χ1n) is 11.1. The van der Waals surface area contributed by atoms with E-state index in [1.807, 2.05) is 12.1 Å². The van der Waals surface area contributed by atoms with E-state index >= 15 is 0 Å². The smallest absolute Gasteiger partial charge is 0.307 e. The lowest BCUT2D eigenvalue weighted by molar-refractivity contribution is -0.146. The molecule has 4 aliphatic rings. The van der Waals surface area contributed by atoms with Gasteiger partial charge in [0.15, 0.2) is 0 Å². The lowest BCUT2D eigenvalue weighted by Crippen LogP contribution is -2.53. The van der Waals surface area contributed by atoms with Crippen LogP contribution in [0.3, 0.4) is 0 Å². The van der Waals surface area contributed by atoms with Crippen molar-refractivity contribution >= 4 is 17.8 Å². The molecule has 4 aliphatic carbocycles. The van der Waals surface area contributed by atoms with Crippen molar-refractivity contribution in [2.45, 2.75) is 51.5 Å². The summed E-state index contributed by atoms with van der Waals surface area (Å²) in [5, 5.41) is 3.18. The average Bonchev–Trinajstić information content (AvgIpc) is 2.74. The molecule has 162 valence electrons. The summed E-state index contributed by atoms with van der Waals surface area (Å²) in [7, 11) is 3.01. The van der Waals surface area contributed by atoms with E-state index in [2.05, 4.69) is 10.1 Å². The Balaban J connectivity index is 1.30. The van der Waals surface area contributed by atoms with Crippen molar-refractivity contribution in [3.05, 3.63) is 35.4 Å². The number of benzene rings is 1. The second-order valence-corrected chi connectivity index (χ2v) is 9.63. The highest BCUT2D eigenvalue weighted by atomic mass is 16.5. The largest absolute Gasteiger partial charge is 0.469 e. The SMILES string of the molecule is COC(=O)CCN(C)C(=O)c1ccc(CNC(=O)C23CC4CC(CC(C4)C2)C3)cc1. The number of nitrogens with one attached hydrogen (secondary N) is 1. The van der Waals surface area contributed by atoms with Crippen molar-refractivity contribution in [2.24, 2.45) is 23.2 Å². The molecule has 0 spiro atoms. The fourth-order valence-electron chi connectivity index (χ4n) is 6.21. The van der Waals surface area contributed by atoms with E-state index in [1.165, 1.54) is 31.3 Å². The van der Waals surface area contributed by atoms with E-state index in [1.54, 1.807) is 19.2 Å². The number of carbonyl (C=O) groups is 3. The minimum atomic E-state index is -0.334. The number of hydrogen-bond acceptors (Lipinski definition) is 4. The Kier molecular flexibility index (Phi) is 5.85. The molecule has 6 heteroatoms. The maximum atomic E-state index is 13.1. The van der Waals surface area contributed by atoms with Crippen molar-refractivity contribution < 1.29 is 19.1 Å². The molecule has 0 atom stereocenters. The van der Waals surface area contributed by atoms with Gasteiger partial charge in [-0.1, -0.05) is 12.1 Å². The summed E-state index contributed by atoms with van der Waals surface area (Å²) in [6.07, 6.45) is 7.36. The molecule has 0 aliphatic heterocycles. The number of methoxy groups -OCH3 is 1. The molecule has 30 heavy (non-hydrogen) atoms. The van der Waals surface area contributed by atoms with Gasteiger partial charge in [-0.2, -0.15) is 0 Å². The van der Waals surface area contributed by atoms with Crippen LogP contribution >= 0.6 is 0 Å². The first-order chi connectivity index (χ1) is 14.4. The van der Waals surface area contributed by atoms with Crippen LogP contribution in [0.4, 0.5) is 0 Å². The molecule has 1 aromatic carbocycles. The molecule has 0 radical (unpaired) electrons. The Hall–Kier alpha value is -2.37. The van der Waals surface area contributed by atoms with Gasteiger partial charge in [-0.15, -0.1) is 0 Å². The van der Waals surface area contributed by atoms with Crippen molar-refractivity contribution in [3.63, 3.8) is 0 Å². The molecule has 6 nitrogen and oxygen atoms in total. The zero-order chi connectivity index (χ0) is 21.3. The molecule has 2 amide bonds. The van der Waals surface area contributed by atoms with Crippen molar-refractivity contribution in [2.75, 3.05) is 20.7 Å². The number of ether oxygens (including phenoxy) is 1. The number of amides is 2. The first kappa shape index (κ1) is 20.9. The molecule has 4 bridgehead atoms. The average molecular weight is 413 g/mol. The molecule has 1 aromatic rings. The van der Waals surface area contributed by atoms with Crippen molar-refractivity contribution in [3.8, 4) is 0 Å². The summed E-state index contributed by atoms with van der Waals surface area (Å²) in [6, 6.07) is 7.34. The standard InChI is InChI=1S/C24H32N2O4/c1-26(8-7-21(27)30-2)22(28)20-5-3-16(4-6-20)15-25-23(29)24-12-17-9-18(13-24)11-19(10-17)14-24/h3-6,17-19H,7-15H2,1-2H3,(H,25,29). The number of rotatable bonds is 7. The van der Waals surface area contributed by atoms with Crippen LogP contribution in [0.25, 0.3) is 0 Å². The third kappa shape index (κ3) is 4.23. The van der Waals surface area contributed by atoms with E-state index in [0.717, 1.165) is 42.6 Å². The Bertz CT molecular complexity index is 782. The zero-order valence-electron chi connectivity index (χ0n) is 18.0. The first-order valence-corrected chi connectivity index (χ1v) is 11.1. The van der Waals surface area contributed by atoms with Crippen LogP contribution in [-0.2, 0) is 20.9 Å². The summed E-state index contributed by atoms with van der Waals surface area (Å²) in [4.78, 5) is 38.3. The summed E-state index contributed by atoms with van der Waals surface area (Å²) in [6.45, 7) is 0.807. The third-order valence-corrected chi connectivity index (χ3v) is 7.40. The van der Waals surface area contributed by atoms with Gasteiger partial charge in [0.25, 0.3) is 5.91 Å². The molecular formula is C24H32N2O4. The maximum absolute atomic E-state index is 13.1. The Labute approximate surface area is 178 Å². The van der Waals surface area contributed by atoms with E-state index in [0.29, 0.717) is 18.7 Å². The second-order valence-electron chi connectivity index (χ2n) is 9.63. The van der Waals surface area contributed by atoms with Gasteiger partial charge >= 0.3 is 5.97 Å². The predicted octanol–water partition coefficient (Wildman–Crippen LogP) is 3.15. The van der Waals surface area contributed by atoms with E-state index in [-0.39, 0.29) is 29.6 Å². The van der Waals surface area contributed by atoms with Crippen LogP contribution in [0.1, 0.15) is 60.9 Å². The number of carbonyl (C=O) groups excluding carboxylic acids is 3. The zero-order valence-corrected chi connectivity index (χ0v) is 18.0. The molecule has 5 rings (SSSR count). The summed E-state index contributed by atoms with van der Waals surface area (Å²) in [5.41, 5.74) is 1.42.